The average molecular weight is 391 g/mol. The number of nitrogens with one attached hydrogen (secondary N) is 3. The number of H-pyrrole nitrogens is 2. The first-order valence-electron chi connectivity index (χ1n) is 8.38. The highest BCUT2D eigenvalue weighted by atomic mass is 16.6. The number of amides is 2. The molecular formula is C17H21N5O6. The Morgan fingerprint density at radius 1 is 1.29 bits per heavy atom. The number of carbonyl (C=O) groups is 2. The second-order valence-corrected chi connectivity index (χ2v) is 7.12. The zero-order chi connectivity index (χ0) is 21.4. The van der Waals surface area contributed by atoms with Gasteiger partial charge in [0, 0.05) is 29.7 Å². The zero-order valence-electron chi connectivity index (χ0n) is 15.8. The number of benzene rings is 1. The van der Waals surface area contributed by atoms with Crippen molar-refractivity contribution in [2.75, 3.05) is 0 Å². The topological polar surface area (TPSA) is 181 Å². The highest BCUT2D eigenvalue weighted by Gasteiger charge is 2.37. The number of hydrogen-bond acceptors (Lipinski definition) is 6. The van der Waals surface area contributed by atoms with Gasteiger partial charge >= 0.3 is 11.1 Å². The van der Waals surface area contributed by atoms with Crippen molar-refractivity contribution in [2.45, 2.75) is 34.2 Å². The lowest BCUT2D eigenvalue weighted by Gasteiger charge is -2.28. The molecule has 0 aliphatic heterocycles. The summed E-state index contributed by atoms with van der Waals surface area (Å²) in [5, 5.41) is 14.0. The summed E-state index contributed by atoms with van der Waals surface area (Å²) in [5.41, 5.74) is 2.75. The van der Waals surface area contributed by atoms with E-state index in [4.69, 9.17) is 5.73 Å². The lowest BCUT2D eigenvalue weighted by Crippen LogP contribution is -2.45. The van der Waals surface area contributed by atoms with Gasteiger partial charge in [-0.15, -0.1) is 0 Å². The van der Waals surface area contributed by atoms with Gasteiger partial charge in [-0.1, -0.05) is 20.8 Å². The van der Waals surface area contributed by atoms with Crippen molar-refractivity contribution >= 4 is 28.5 Å². The Morgan fingerprint density at radius 2 is 1.86 bits per heavy atom. The third-order valence-electron chi connectivity index (χ3n) is 5.10. The number of nitro benzene ring substituents is 1. The molecule has 0 aliphatic rings. The fourth-order valence-corrected chi connectivity index (χ4v) is 2.77. The minimum absolute atomic E-state index is 0.0657. The first-order valence-corrected chi connectivity index (χ1v) is 8.38. The highest BCUT2D eigenvalue weighted by molar-refractivity contribution is 5.90. The Kier molecular flexibility index (Phi) is 5.39. The molecule has 0 saturated carbocycles. The summed E-state index contributed by atoms with van der Waals surface area (Å²) in [6.45, 7) is 5.93. The van der Waals surface area contributed by atoms with E-state index in [0.29, 0.717) is 0 Å². The monoisotopic (exact) mass is 391 g/mol. The number of aromatic nitrogens is 2. The molecule has 0 fully saturated rings. The third kappa shape index (κ3) is 3.63. The van der Waals surface area contributed by atoms with Gasteiger partial charge in [0.15, 0.2) is 0 Å². The number of aromatic amines is 2. The van der Waals surface area contributed by atoms with Gasteiger partial charge in [0.05, 0.1) is 21.4 Å². The van der Waals surface area contributed by atoms with Crippen molar-refractivity contribution in [3.63, 3.8) is 0 Å². The van der Waals surface area contributed by atoms with E-state index in [1.165, 1.54) is 13.8 Å². The molecule has 1 unspecified atom stereocenters. The minimum atomic E-state index is -1.13. The van der Waals surface area contributed by atoms with Gasteiger partial charge in [0.1, 0.15) is 0 Å². The van der Waals surface area contributed by atoms with Crippen LogP contribution < -0.4 is 22.2 Å². The Labute approximate surface area is 158 Å². The molecular weight excluding hydrogens is 370 g/mol. The number of nitro groups is 1. The smallest absolute Gasteiger partial charge is 0.314 e. The molecule has 0 saturated heterocycles. The summed E-state index contributed by atoms with van der Waals surface area (Å²) in [7, 11) is 0. The maximum absolute atomic E-state index is 12.6. The molecule has 11 nitrogen and oxygen atoms in total. The van der Waals surface area contributed by atoms with Crippen molar-refractivity contribution in [3.8, 4) is 0 Å². The van der Waals surface area contributed by atoms with Gasteiger partial charge in [0.2, 0.25) is 11.8 Å². The molecule has 2 rings (SSSR count). The van der Waals surface area contributed by atoms with Crippen LogP contribution in [0.1, 0.15) is 31.9 Å². The van der Waals surface area contributed by atoms with Gasteiger partial charge in [-0.05, 0) is 6.92 Å². The van der Waals surface area contributed by atoms with E-state index in [-0.39, 0.29) is 34.4 Å². The van der Waals surface area contributed by atoms with E-state index in [1.54, 1.807) is 13.8 Å². The summed E-state index contributed by atoms with van der Waals surface area (Å²) in [6.07, 6.45) is 0. The molecule has 0 bridgehead atoms. The van der Waals surface area contributed by atoms with Crippen LogP contribution in [0.4, 0.5) is 5.69 Å². The molecule has 0 radical (unpaired) electrons. The second-order valence-electron chi connectivity index (χ2n) is 7.12. The van der Waals surface area contributed by atoms with Crippen LogP contribution >= 0.6 is 0 Å². The highest BCUT2D eigenvalue weighted by Crippen LogP contribution is 2.29. The van der Waals surface area contributed by atoms with Crippen molar-refractivity contribution in [3.05, 3.63) is 48.0 Å². The SMILES string of the molecule is Cc1c([N+](=O)[O-])cc2[nH]c(=O)c(=O)[nH]c2c1CNC(=O)C(C)(C)C(C)C(N)=O. The molecule has 1 heterocycles. The molecule has 150 valence electrons. The summed E-state index contributed by atoms with van der Waals surface area (Å²) in [5.74, 6) is -1.89. The maximum atomic E-state index is 12.6. The number of fused-ring (bicyclic) bond motifs is 1. The second kappa shape index (κ2) is 7.25. The lowest BCUT2D eigenvalue weighted by molar-refractivity contribution is -0.385. The fraction of sp³-hybridized carbons (Fsp3) is 0.412. The van der Waals surface area contributed by atoms with Crippen LogP contribution in [-0.4, -0.2) is 26.7 Å². The lowest BCUT2D eigenvalue weighted by atomic mass is 9.78. The van der Waals surface area contributed by atoms with Gasteiger partial charge in [-0.2, -0.15) is 0 Å². The number of hydrogen-bond donors (Lipinski definition) is 4. The largest absolute Gasteiger partial charge is 0.369 e. The Morgan fingerprint density at radius 3 is 2.39 bits per heavy atom. The minimum Gasteiger partial charge on any atom is -0.369 e. The van der Waals surface area contributed by atoms with E-state index in [2.05, 4.69) is 15.3 Å². The summed E-state index contributed by atoms with van der Waals surface area (Å²) >= 11 is 0. The van der Waals surface area contributed by atoms with Crippen molar-refractivity contribution in [1.82, 2.24) is 15.3 Å². The maximum Gasteiger partial charge on any atom is 0.314 e. The normalized spacial score (nSPS) is 12.6. The van der Waals surface area contributed by atoms with Crippen LogP contribution in [0.5, 0.6) is 0 Å². The van der Waals surface area contributed by atoms with Crippen molar-refractivity contribution < 1.29 is 14.5 Å². The molecule has 2 aromatic rings. The predicted molar refractivity (Wildman–Crippen MR) is 101 cm³/mol. The van der Waals surface area contributed by atoms with Gasteiger partial charge in [-0.3, -0.25) is 29.3 Å². The predicted octanol–water partition coefficient (Wildman–Crippen LogP) is 0.197. The van der Waals surface area contributed by atoms with Gasteiger partial charge in [-0.25, -0.2) is 0 Å². The van der Waals surface area contributed by atoms with Crippen LogP contribution in [0.25, 0.3) is 11.0 Å². The molecule has 1 atom stereocenters. The van der Waals surface area contributed by atoms with Crippen LogP contribution in [0.15, 0.2) is 15.7 Å². The number of rotatable bonds is 6. The van der Waals surface area contributed by atoms with E-state index in [1.807, 2.05) is 0 Å². The Hall–Kier alpha value is -3.50. The quantitative estimate of drug-likeness (QED) is 0.310. The summed E-state index contributed by atoms with van der Waals surface area (Å²) < 4.78 is 0. The van der Waals surface area contributed by atoms with E-state index in [9.17, 15) is 29.3 Å². The number of primary amides is 1. The molecule has 0 spiro atoms. The molecule has 5 N–H and O–H groups in total. The molecule has 0 aliphatic carbocycles. The Balaban J connectivity index is 2.53. The van der Waals surface area contributed by atoms with E-state index in [0.717, 1.165) is 6.07 Å². The van der Waals surface area contributed by atoms with Gasteiger partial charge in [0.25, 0.3) is 5.69 Å². The van der Waals surface area contributed by atoms with Crippen LogP contribution in [0.3, 0.4) is 0 Å². The average Bonchev–Trinajstić information content (AvgIpc) is 2.60. The molecule has 28 heavy (non-hydrogen) atoms. The summed E-state index contributed by atoms with van der Waals surface area (Å²) in [6, 6.07) is 1.15. The fourth-order valence-electron chi connectivity index (χ4n) is 2.77. The molecule has 2 amide bonds. The Bertz CT molecular complexity index is 1100. The molecule has 1 aromatic carbocycles. The standard InChI is InChI=1S/C17H21N5O6/c1-7-9(6-19-16(26)17(3,4)8(2)13(18)23)12-10(5-11(7)22(27)28)20-14(24)15(25)21-12/h5,8H,6H2,1-4H3,(H2,18,23)(H,19,26)(H,20,24)(H,21,25). The summed E-state index contributed by atoms with van der Waals surface area (Å²) in [4.78, 5) is 62.7. The van der Waals surface area contributed by atoms with E-state index < -0.39 is 39.2 Å². The number of carbonyl (C=O) groups excluding carboxylic acids is 2. The number of nitrogens with two attached hydrogens (primary N) is 1. The third-order valence-corrected chi connectivity index (χ3v) is 5.10. The zero-order valence-corrected chi connectivity index (χ0v) is 15.8. The van der Waals surface area contributed by atoms with Gasteiger partial charge < -0.3 is 21.0 Å². The van der Waals surface area contributed by atoms with Crippen LogP contribution in [-0.2, 0) is 16.1 Å². The first kappa shape index (κ1) is 20.8. The molecule has 11 heteroatoms. The van der Waals surface area contributed by atoms with Crippen LogP contribution in [0, 0.1) is 28.4 Å². The van der Waals surface area contributed by atoms with Crippen molar-refractivity contribution in [2.24, 2.45) is 17.1 Å². The number of nitrogens with zero attached hydrogens (tertiary/aromatic N) is 1. The van der Waals surface area contributed by atoms with E-state index >= 15 is 0 Å². The van der Waals surface area contributed by atoms with Crippen molar-refractivity contribution in [1.29, 1.82) is 0 Å². The van der Waals surface area contributed by atoms with Crippen LogP contribution in [0.2, 0.25) is 0 Å². The molecule has 1 aromatic heterocycles. The first-order chi connectivity index (χ1) is 12.9.